The van der Waals surface area contributed by atoms with E-state index in [4.69, 9.17) is 12.2 Å². The highest BCUT2D eigenvalue weighted by molar-refractivity contribution is 7.89. The predicted octanol–water partition coefficient (Wildman–Crippen LogP) is 0.425. The summed E-state index contributed by atoms with van der Waals surface area (Å²) in [5.41, 5.74) is 0. The fourth-order valence-electron chi connectivity index (χ4n) is 2.98. The molecule has 0 atom stereocenters. The average molecular weight is 416 g/mol. The molecule has 0 aliphatic carbocycles. The molecule has 0 radical (unpaired) electrons. The first-order valence-corrected chi connectivity index (χ1v) is 10.2. The lowest BCUT2D eigenvalue weighted by Gasteiger charge is -2.31. The fraction of sp³-hybridized carbons (Fsp3) is 0.375. The Labute approximate surface area is 161 Å². The van der Waals surface area contributed by atoms with E-state index >= 15 is 0 Å². The molecular formula is C16H20F2N5O2S2+. The summed E-state index contributed by atoms with van der Waals surface area (Å²) < 4.78 is 57.5. The molecule has 27 heavy (non-hydrogen) atoms. The highest BCUT2D eigenvalue weighted by atomic mass is 32.2. The first kappa shape index (κ1) is 19.8. The quantitative estimate of drug-likeness (QED) is 0.548. The topological polar surface area (TPSA) is 64.6 Å². The summed E-state index contributed by atoms with van der Waals surface area (Å²) >= 11 is 5.35. The van der Waals surface area contributed by atoms with Crippen LogP contribution in [0.4, 0.5) is 8.78 Å². The molecule has 0 amide bonds. The van der Waals surface area contributed by atoms with Gasteiger partial charge in [-0.05, 0) is 24.4 Å². The number of rotatable bonds is 6. The molecule has 1 saturated heterocycles. The number of quaternary nitrogens is 1. The second-order valence-electron chi connectivity index (χ2n) is 6.24. The van der Waals surface area contributed by atoms with E-state index in [0.717, 1.165) is 17.0 Å². The lowest BCUT2D eigenvalue weighted by Crippen LogP contribution is -3.14. The zero-order valence-corrected chi connectivity index (χ0v) is 16.1. The zero-order chi connectivity index (χ0) is 19.6. The van der Waals surface area contributed by atoms with Crippen LogP contribution in [0.5, 0.6) is 0 Å². The monoisotopic (exact) mass is 416 g/mol. The minimum atomic E-state index is -4.00. The second kappa shape index (κ2) is 7.97. The van der Waals surface area contributed by atoms with Gasteiger partial charge in [-0.1, -0.05) is 6.08 Å². The van der Waals surface area contributed by atoms with E-state index in [9.17, 15) is 17.2 Å². The van der Waals surface area contributed by atoms with Crippen molar-refractivity contribution >= 4 is 22.2 Å². The van der Waals surface area contributed by atoms with Gasteiger partial charge in [0.2, 0.25) is 14.8 Å². The van der Waals surface area contributed by atoms with Gasteiger partial charge in [0.15, 0.2) is 6.67 Å². The van der Waals surface area contributed by atoms with E-state index in [2.05, 4.69) is 11.7 Å². The van der Waals surface area contributed by atoms with Crippen LogP contribution in [0.15, 0.2) is 42.1 Å². The Morgan fingerprint density at radius 2 is 2.00 bits per heavy atom. The summed E-state index contributed by atoms with van der Waals surface area (Å²) in [6.07, 6.45) is 3.37. The molecule has 1 aliphatic heterocycles. The SMILES string of the molecule is C=CCn1cnn(C[NH+]2CCN(S(=O)(=O)c3ccc(F)cc3F)CC2)c1=S. The van der Waals surface area contributed by atoms with Crippen LogP contribution in [0.3, 0.4) is 0 Å². The van der Waals surface area contributed by atoms with Crippen LogP contribution in [0.1, 0.15) is 0 Å². The van der Waals surface area contributed by atoms with E-state index in [1.54, 1.807) is 21.7 Å². The van der Waals surface area contributed by atoms with Crippen molar-refractivity contribution in [1.82, 2.24) is 18.7 Å². The molecule has 0 saturated carbocycles. The molecule has 0 bridgehead atoms. The van der Waals surface area contributed by atoms with Gasteiger partial charge in [0.1, 0.15) is 22.9 Å². The van der Waals surface area contributed by atoms with Crippen LogP contribution in [-0.2, 0) is 23.2 Å². The number of piperazine rings is 1. The Morgan fingerprint density at radius 3 is 2.63 bits per heavy atom. The Morgan fingerprint density at radius 1 is 1.30 bits per heavy atom. The molecule has 2 heterocycles. The molecule has 3 rings (SSSR count). The van der Waals surface area contributed by atoms with Crippen molar-refractivity contribution in [2.45, 2.75) is 18.1 Å². The van der Waals surface area contributed by atoms with Crippen molar-refractivity contribution in [3.05, 3.63) is 53.6 Å². The Balaban J connectivity index is 1.66. The van der Waals surface area contributed by atoms with Crippen LogP contribution < -0.4 is 4.90 Å². The normalized spacial score (nSPS) is 16.5. The minimum absolute atomic E-state index is 0.231. The van der Waals surface area contributed by atoms with Gasteiger partial charge in [-0.2, -0.15) is 14.1 Å². The number of aromatic nitrogens is 3. The Kier molecular flexibility index (Phi) is 5.84. The molecule has 0 unspecified atom stereocenters. The predicted molar refractivity (Wildman–Crippen MR) is 97.1 cm³/mol. The summed E-state index contributed by atoms with van der Waals surface area (Å²) in [6.45, 7) is 6.27. The number of hydrogen-bond acceptors (Lipinski definition) is 4. The molecule has 1 aromatic carbocycles. The van der Waals surface area contributed by atoms with Gasteiger partial charge in [0.05, 0.1) is 26.2 Å². The third kappa shape index (κ3) is 4.15. The van der Waals surface area contributed by atoms with Crippen LogP contribution in [-0.4, -0.2) is 53.2 Å². The Bertz CT molecular complexity index is 994. The zero-order valence-electron chi connectivity index (χ0n) is 14.5. The lowest BCUT2D eigenvalue weighted by molar-refractivity contribution is -0.926. The fourth-order valence-corrected chi connectivity index (χ4v) is 4.70. The van der Waals surface area contributed by atoms with Crippen molar-refractivity contribution in [2.24, 2.45) is 0 Å². The summed E-state index contributed by atoms with van der Waals surface area (Å²) in [4.78, 5) is 0.610. The number of benzene rings is 1. The largest absolute Gasteiger partial charge is 0.314 e. The number of nitrogens with one attached hydrogen (secondary N) is 1. The van der Waals surface area contributed by atoms with Crippen molar-refractivity contribution in [3.8, 4) is 0 Å². The number of hydrogen-bond donors (Lipinski definition) is 1. The van der Waals surface area contributed by atoms with E-state index in [0.29, 0.717) is 37.1 Å². The van der Waals surface area contributed by atoms with Gasteiger partial charge in [0, 0.05) is 12.6 Å². The minimum Gasteiger partial charge on any atom is -0.314 e. The van der Waals surface area contributed by atoms with Crippen LogP contribution in [0.25, 0.3) is 0 Å². The van der Waals surface area contributed by atoms with Gasteiger partial charge in [-0.15, -0.1) is 6.58 Å². The molecule has 2 aromatic rings. The summed E-state index contributed by atoms with van der Waals surface area (Å²) in [5, 5.41) is 4.25. The smallest absolute Gasteiger partial charge is 0.246 e. The molecule has 11 heteroatoms. The van der Waals surface area contributed by atoms with E-state index in [-0.39, 0.29) is 13.1 Å². The lowest BCUT2D eigenvalue weighted by atomic mass is 10.3. The molecular weight excluding hydrogens is 396 g/mol. The summed E-state index contributed by atoms with van der Waals surface area (Å²) in [7, 11) is -4.00. The number of allylic oxidation sites excluding steroid dienone is 1. The number of halogens is 2. The summed E-state index contributed by atoms with van der Waals surface area (Å²) in [6, 6.07) is 2.49. The van der Waals surface area contributed by atoms with Crippen molar-refractivity contribution in [1.29, 1.82) is 0 Å². The van der Waals surface area contributed by atoms with Crippen LogP contribution in [0, 0.1) is 16.4 Å². The second-order valence-corrected chi connectivity index (χ2v) is 8.51. The van der Waals surface area contributed by atoms with E-state index in [1.165, 1.54) is 4.31 Å². The number of nitrogens with zero attached hydrogens (tertiary/aromatic N) is 4. The standard InChI is InChI=1S/C16H19F2N5O2S2/c1-2-5-21-11-19-23(16(21)26)12-20-6-8-22(9-7-20)27(24,25)15-4-3-13(17)10-14(15)18/h2-4,10-11H,1,5-9,12H2/p+1. The first-order valence-electron chi connectivity index (χ1n) is 8.35. The molecule has 1 aromatic heterocycles. The Hall–Kier alpha value is -1.95. The maximum atomic E-state index is 13.9. The van der Waals surface area contributed by atoms with Gasteiger partial charge in [0.25, 0.3) is 0 Å². The average Bonchev–Trinajstić information content (AvgIpc) is 2.96. The van der Waals surface area contributed by atoms with Crippen LogP contribution in [0.2, 0.25) is 0 Å². The third-order valence-corrected chi connectivity index (χ3v) is 6.81. The highest BCUT2D eigenvalue weighted by Gasteiger charge is 2.32. The van der Waals surface area contributed by atoms with Crippen molar-refractivity contribution in [2.75, 3.05) is 26.2 Å². The molecule has 1 N–H and O–H groups in total. The molecule has 0 spiro atoms. The highest BCUT2D eigenvalue weighted by Crippen LogP contribution is 2.20. The van der Waals surface area contributed by atoms with E-state index < -0.39 is 26.6 Å². The van der Waals surface area contributed by atoms with Gasteiger partial charge in [-0.3, -0.25) is 0 Å². The first-order chi connectivity index (χ1) is 12.8. The molecule has 1 fully saturated rings. The van der Waals surface area contributed by atoms with Crippen LogP contribution >= 0.6 is 12.2 Å². The molecule has 1 aliphatic rings. The van der Waals surface area contributed by atoms with Gasteiger partial charge >= 0.3 is 0 Å². The van der Waals surface area contributed by atoms with E-state index in [1.807, 2.05) is 0 Å². The van der Waals surface area contributed by atoms with Crippen molar-refractivity contribution in [3.63, 3.8) is 0 Å². The molecule has 146 valence electrons. The maximum absolute atomic E-state index is 13.9. The van der Waals surface area contributed by atoms with Gasteiger partial charge in [-0.25, -0.2) is 17.2 Å². The number of sulfonamides is 1. The van der Waals surface area contributed by atoms with Crippen molar-refractivity contribution < 1.29 is 22.1 Å². The van der Waals surface area contributed by atoms with Gasteiger partial charge < -0.3 is 9.47 Å². The summed E-state index contributed by atoms with van der Waals surface area (Å²) in [5.74, 6) is -1.89. The maximum Gasteiger partial charge on any atom is 0.246 e. The molecule has 7 nitrogen and oxygen atoms in total. The third-order valence-electron chi connectivity index (χ3n) is 4.44.